The molecule has 174 valence electrons. The Bertz CT molecular complexity index is 1290. The Hall–Kier alpha value is -3.87. The lowest BCUT2D eigenvalue weighted by Crippen LogP contribution is -2.23. The molecule has 1 amide bonds. The van der Waals surface area contributed by atoms with E-state index in [1.165, 1.54) is 19.8 Å². The van der Waals surface area contributed by atoms with Gasteiger partial charge in [-0.25, -0.2) is 9.97 Å². The molecule has 1 aliphatic rings. The number of ether oxygens (including phenoxy) is 2. The maximum absolute atomic E-state index is 11.3. The van der Waals surface area contributed by atoms with E-state index >= 15 is 0 Å². The fourth-order valence-corrected chi connectivity index (χ4v) is 3.79. The highest BCUT2D eigenvalue weighted by Crippen LogP contribution is 2.33. The molecule has 7 heteroatoms. The molecule has 0 bridgehead atoms. The van der Waals surface area contributed by atoms with E-state index in [4.69, 9.17) is 13.9 Å². The largest absolute Gasteiger partial charge is 0.493 e. The van der Waals surface area contributed by atoms with Gasteiger partial charge in [-0.15, -0.1) is 0 Å². The fraction of sp³-hybridized carbons (Fsp3) is 0.296. The minimum Gasteiger partial charge on any atom is -0.493 e. The Morgan fingerprint density at radius 3 is 2.74 bits per heavy atom. The number of fused-ring (bicyclic) bond motifs is 1. The van der Waals surface area contributed by atoms with Crippen LogP contribution in [0.5, 0.6) is 17.2 Å². The summed E-state index contributed by atoms with van der Waals surface area (Å²) in [6.07, 6.45) is 5.42. The van der Waals surface area contributed by atoms with Crippen LogP contribution in [0.25, 0.3) is 22.7 Å². The number of rotatable bonds is 9. The van der Waals surface area contributed by atoms with Gasteiger partial charge in [-0.3, -0.25) is 4.79 Å². The summed E-state index contributed by atoms with van der Waals surface area (Å²) in [7, 11) is 0. The smallest absolute Gasteiger partial charge is 0.246 e. The Labute approximate surface area is 198 Å². The first kappa shape index (κ1) is 21.9. The molecular weight excluding hydrogens is 430 g/mol. The molecule has 2 heterocycles. The van der Waals surface area contributed by atoms with Gasteiger partial charge in [0.1, 0.15) is 28.5 Å². The maximum Gasteiger partial charge on any atom is 0.246 e. The molecule has 0 radical (unpaired) electrons. The summed E-state index contributed by atoms with van der Waals surface area (Å²) in [6, 6.07) is 16.9. The third kappa shape index (κ3) is 5.36. The first-order valence-electron chi connectivity index (χ1n) is 11.6. The third-order valence-corrected chi connectivity index (χ3v) is 5.82. The van der Waals surface area contributed by atoms with Gasteiger partial charge in [0, 0.05) is 13.0 Å². The summed E-state index contributed by atoms with van der Waals surface area (Å²) in [6.45, 7) is 4.17. The van der Waals surface area contributed by atoms with Crippen LogP contribution in [0.1, 0.15) is 44.7 Å². The number of hydrogen-bond donors (Lipinski definition) is 1. The number of oxazole rings is 1. The van der Waals surface area contributed by atoms with Crippen molar-refractivity contribution >= 4 is 17.0 Å². The lowest BCUT2D eigenvalue weighted by atomic mass is 10.1. The standard InChI is InChI=1S/C27H27N3O4/c1-17(29-18(2)31)20-8-10-24-26(14-20)34-27(30-24)25-11-9-23(16-28-25)33-22-5-3-4-21(15-22)32-13-12-19-6-7-19/h3-5,8-11,14-17,19H,6-7,12-13H2,1-2H3,(H,29,31). The average molecular weight is 458 g/mol. The van der Waals surface area contributed by atoms with Crippen molar-refractivity contribution in [1.29, 1.82) is 0 Å². The van der Waals surface area contributed by atoms with Crippen molar-refractivity contribution in [1.82, 2.24) is 15.3 Å². The first-order chi connectivity index (χ1) is 16.5. The zero-order valence-electron chi connectivity index (χ0n) is 19.3. The zero-order chi connectivity index (χ0) is 23.5. The molecule has 4 aromatic rings. The number of nitrogens with zero attached hydrogens (tertiary/aromatic N) is 2. The average Bonchev–Trinajstić information content (AvgIpc) is 3.55. The molecule has 7 nitrogen and oxygen atoms in total. The molecule has 34 heavy (non-hydrogen) atoms. The second-order valence-electron chi connectivity index (χ2n) is 8.70. The van der Waals surface area contributed by atoms with Gasteiger partial charge in [-0.1, -0.05) is 25.0 Å². The SMILES string of the molecule is CC(=O)NC(C)c1ccc2nc(-c3ccc(Oc4cccc(OCCC5CC5)c4)cn3)oc2c1. The van der Waals surface area contributed by atoms with Crippen molar-refractivity contribution in [3.05, 3.63) is 66.4 Å². The van der Waals surface area contributed by atoms with Gasteiger partial charge in [-0.05, 0) is 61.2 Å². The molecule has 1 aliphatic carbocycles. The summed E-state index contributed by atoms with van der Waals surface area (Å²) < 4.78 is 17.7. The topological polar surface area (TPSA) is 86.5 Å². The van der Waals surface area contributed by atoms with Crippen molar-refractivity contribution in [2.24, 2.45) is 5.92 Å². The van der Waals surface area contributed by atoms with Crippen molar-refractivity contribution in [3.63, 3.8) is 0 Å². The lowest BCUT2D eigenvalue weighted by molar-refractivity contribution is -0.119. The van der Waals surface area contributed by atoms with Crippen LogP contribution in [-0.4, -0.2) is 22.5 Å². The molecule has 0 spiro atoms. The van der Waals surface area contributed by atoms with E-state index < -0.39 is 0 Å². The van der Waals surface area contributed by atoms with Gasteiger partial charge < -0.3 is 19.2 Å². The molecule has 0 aliphatic heterocycles. The summed E-state index contributed by atoms with van der Waals surface area (Å²) in [5.41, 5.74) is 2.93. The van der Waals surface area contributed by atoms with Crippen LogP contribution in [-0.2, 0) is 4.79 Å². The summed E-state index contributed by atoms with van der Waals surface area (Å²) in [5, 5.41) is 2.87. The number of pyridine rings is 1. The zero-order valence-corrected chi connectivity index (χ0v) is 19.3. The van der Waals surface area contributed by atoms with E-state index in [-0.39, 0.29) is 11.9 Å². The second-order valence-corrected chi connectivity index (χ2v) is 8.70. The van der Waals surface area contributed by atoms with Crippen LogP contribution in [0.4, 0.5) is 0 Å². The number of amides is 1. The number of hydrogen-bond acceptors (Lipinski definition) is 6. The molecule has 1 atom stereocenters. The third-order valence-electron chi connectivity index (χ3n) is 5.82. The van der Waals surface area contributed by atoms with Crippen molar-refractivity contribution in [2.75, 3.05) is 6.61 Å². The highest BCUT2D eigenvalue weighted by molar-refractivity contribution is 5.77. The Balaban J connectivity index is 1.26. The number of carbonyl (C=O) groups is 1. The molecule has 1 saturated carbocycles. The predicted molar refractivity (Wildman–Crippen MR) is 129 cm³/mol. The van der Waals surface area contributed by atoms with Crippen LogP contribution in [0.15, 0.2) is 65.2 Å². The monoisotopic (exact) mass is 457 g/mol. The molecular formula is C27H27N3O4. The van der Waals surface area contributed by atoms with E-state index in [1.54, 1.807) is 6.20 Å². The first-order valence-corrected chi connectivity index (χ1v) is 11.6. The highest BCUT2D eigenvalue weighted by Gasteiger charge is 2.20. The van der Waals surface area contributed by atoms with Crippen LogP contribution in [0.3, 0.4) is 0 Å². The molecule has 1 N–H and O–H groups in total. The van der Waals surface area contributed by atoms with Gasteiger partial charge in [0.2, 0.25) is 11.8 Å². The molecule has 1 unspecified atom stereocenters. The Kier molecular flexibility index (Phi) is 6.16. The number of benzene rings is 2. The number of nitrogens with one attached hydrogen (secondary N) is 1. The Morgan fingerprint density at radius 2 is 1.97 bits per heavy atom. The van der Waals surface area contributed by atoms with Gasteiger partial charge >= 0.3 is 0 Å². The van der Waals surface area contributed by atoms with E-state index in [2.05, 4.69) is 15.3 Å². The maximum atomic E-state index is 11.3. The molecule has 2 aromatic heterocycles. The van der Waals surface area contributed by atoms with Gasteiger partial charge in [0.25, 0.3) is 0 Å². The van der Waals surface area contributed by atoms with E-state index in [0.29, 0.717) is 28.7 Å². The summed E-state index contributed by atoms with van der Waals surface area (Å²) in [4.78, 5) is 20.3. The minimum atomic E-state index is -0.118. The van der Waals surface area contributed by atoms with Crippen molar-refractivity contribution in [2.45, 2.75) is 39.2 Å². The molecule has 5 rings (SSSR count). The molecule has 2 aromatic carbocycles. The highest BCUT2D eigenvalue weighted by atomic mass is 16.5. The van der Waals surface area contributed by atoms with Crippen LogP contribution in [0.2, 0.25) is 0 Å². The van der Waals surface area contributed by atoms with Crippen LogP contribution in [0, 0.1) is 5.92 Å². The Morgan fingerprint density at radius 1 is 1.12 bits per heavy atom. The van der Waals surface area contributed by atoms with Crippen LogP contribution < -0.4 is 14.8 Å². The van der Waals surface area contributed by atoms with Crippen molar-refractivity contribution in [3.8, 4) is 28.8 Å². The summed E-state index contributed by atoms with van der Waals surface area (Å²) >= 11 is 0. The van der Waals surface area contributed by atoms with E-state index in [9.17, 15) is 4.79 Å². The number of aromatic nitrogens is 2. The van der Waals surface area contributed by atoms with E-state index in [0.717, 1.165) is 35.8 Å². The van der Waals surface area contributed by atoms with Gasteiger partial charge in [0.15, 0.2) is 5.58 Å². The second kappa shape index (κ2) is 9.55. The van der Waals surface area contributed by atoms with E-state index in [1.807, 2.05) is 61.5 Å². The van der Waals surface area contributed by atoms with Gasteiger partial charge in [0.05, 0.1) is 18.8 Å². The number of carbonyl (C=O) groups excluding carboxylic acids is 1. The van der Waals surface area contributed by atoms with Crippen LogP contribution >= 0.6 is 0 Å². The normalized spacial score (nSPS) is 14.1. The summed E-state index contributed by atoms with van der Waals surface area (Å²) in [5.74, 6) is 3.31. The minimum absolute atomic E-state index is 0.0785. The van der Waals surface area contributed by atoms with Gasteiger partial charge in [-0.2, -0.15) is 0 Å². The fourth-order valence-electron chi connectivity index (χ4n) is 3.79. The molecule has 1 fully saturated rings. The quantitative estimate of drug-likeness (QED) is 0.329. The molecule has 0 saturated heterocycles. The predicted octanol–water partition coefficient (Wildman–Crippen LogP) is 6.06. The van der Waals surface area contributed by atoms with Crippen molar-refractivity contribution < 1.29 is 18.7 Å². The lowest BCUT2D eigenvalue weighted by Gasteiger charge is -2.12.